The second-order valence-corrected chi connectivity index (χ2v) is 3.18. The van der Waals surface area contributed by atoms with E-state index in [9.17, 15) is 0 Å². The van der Waals surface area contributed by atoms with E-state index in [0.717, 1.165) is 5.69 Å². The largest absolute Gasteiger partial charge is 0.392 e. The number of hydrogen-bond acceptors (Lipinski definition) is 2. The Kier molecular flexibility index (Phi) is 3.38. The summed E-state index contributed by atoms with van der Waals surface area (Å²) in [5.41, 5.74) is 0.934. The highest BCUT2D eigenvalue weighted by Gasteiger charge is 1.95. The number of hydrogen-bond donors (Lipinski definition) is 2. The van der Waals surface area contributed by atoms with Gasteiger partial charge in [0.1, 0.15) is 0 Å². The number of benzene rings is 1. The van der Waals surface area contributed by atoms with E-state index in [2.05, 4.69) is 5.32 Å². The fraction of sp³-hybridized carbons (Fsp3) is 0.333. The van der Waals surface area contributed by atoms with E-state index in [4.69, 9.17) is 16.7 Å². The lowest BCUT2D eigenvalue weighted by molar-refractivity contribution is 0.208. The van der Waals surface area contributed by atoms with Crippen LogP contribution in [0, 0.1) is 0 Å². The molecule has 1 aromatic rings. The van der Waals surface area contributed by atoms with Crippen molar-refractivity contribution in [3.8, 4) is 0 Å². The Morgan fingerprint density at radius 3 is 2.92 bits per heavy atom. The van der Waals surface area contributed by atoms with Gasteiger partial charge < -0.3 is 10.4 Å². The van der Waals surface area contributed by atoms with Crippen molar-refractivity contribution in [1.82, 2.24) is 0 Å². The van der Waals surface area contributed by atoms with Crippen LogP contribution in [0.25, 0.3) is 0 Å². The van der Waals surface area contributed by atoms with Crippen LogP contribution in [0.1, 0.15) is 6.92 Å². The van der Waals surface area contributed by atoms with Crippen LogP contribution in [0.15, 0.2) is 24.3 Å². The minimum Gasteiger partial charge on any atom is -0.392 e. The average Bonchev–Trinajstić information content (AvgIpc) is 2.01. The molecule has 0 aliphatic carbocycles. The highest BCUT2D eigenvalue weighted by molar-refractivity contribution is 6.30. The first-order chi connectivity index (χ1) is 5.68. The molecule has 0 bridgehead atoms. The normalized spacial score (nSPS) is 12.6. The fourth-order valence-corrected chi connectivity index (χ4v) is 1.05. The Hall–Kier alpha value is -0.730. The molecule has 3 heteroatoms. The molecule has 0 saturated heterocycles. The molecule has 0 heterocycles. The van der Waals surface area contributed by atoms with Gasteiger partial charge in [0.05, 0.1) is 6.10 Å². The quantitative estimate of drug-likeness (QED) is 0.756. The number of rotatable bonds is 3. The molecular formula is C9H12ClNO. The maximum atomic E-state index is 8.99. The minimum absolute atomic E-state index is 0.344. The van der Waals surface area contributed by atoms with Crippen LogP contribution in [0.4, 0.5) is 5.69 Å². The summed E-state index contributed by atoms with van der Waals surface area (Å²) in [6.45, 7) is 2.28. The van der Waals surface area contributed by atoms with Gasteiger partial charge in [0.2, 0.25) is 0 Å². The summed E-state index contributed by atoms with van der Waals surface area (Å²) in [6.07, 6.45) is -0.344. The highest BCUT2D eigenvalue weighted by atomic mass is 35.5. The predicted octanol–water partition coefficient (Wildman–Crippen LogP) is 2.13. The van der Waals surface area contributed by atoms with Crippen LogP contribution in [0.2, 0.25) is 5.02 Å². The Bertz CT molecular complexity index is 250. The van der Waals surface area contributed by atoms with Gasteiger partial charge in [0.15, 0.2) is 0 Å². The smallest absolute Gasteiger partial charge is 0.0684 e. The number of nitrogens with one attached hydrogen (secondary N) is 1. The van der Waals surface area contributed by atoms with Crippen LogP contribution in [-0.2, 0) is 0 Å². The molecule has 0 radical (unpaired) electrons. The molecule has 0 fully saturated rings. The minimum atomic E-state index is -0.344. The molecule has 0 aliphatic heterocycles. The van der Waals surface area contributed by atoms with E-state index in [1.54, 1.807) is 6.92 Å². The summed E-state index contributed by atoms with van der Waals surface area (Å²) in [6, 6.07) is 7.42. The van der Waals surface area contributed by atoms with E-state index < -0.39 is 0 Å². The molecule has 1 aromatic carbocycles. The van der Waals surface area contributed by atoms with Gasteiger partial charge in [-0.05, 0) is 25.1 Å². The van der Waals surface area contributed by atoms with E-state index in [-0.39, 0.29) is 6.10 Å². The van der Waals surface area contributed by atoms with Crippen LogP contribution >= 0.6 is 11.6 Å². The molecule has 66 valence electrons. The molecule has 0 amide bonds. The van der Waals surface area contributed by atoms with Crippen molar-refractivity contribution in [2.75, 3.05) is 11.9 Å². The number of anilines is 1. The monoisotopic (exact) mass is 185 g/mol. The van der Waals surface area contributed by atoms with Crippen molar-refractivity contribution in [3.63, 3.8) is 0 Å². The van der Waals surface area contributed by atoms with Crippen molar-refractivity contribution in [2.24, 2.45) is 0 Å². The summed E-state index contributed by atoms with van der Waals surface area (Å²) >= 11 is 5.76. The molecule has 0 unspecified atom stereocenters. The maximum absolute atomic E-state index is 8.99. The average molecular weight is 186 g/mol. The topological polar surface area (TPSA) is 32.3 Å². The molecule has 1 rings (SSSR count). The Labute approximate surface area is 77.2 Å². The van der Waals surface area contributed by atoms with Gasteiger partial charge in [-0.15, -0.1) is 0 Å². The summed E-state index contributed by atoms with van der Waals surface area (Å²) in [5.74, 6) is 0. The molecule has 0 aromatic heterocycles. The fourth-order valence-electron chi connectivity index (χ4n) is 0.864. The number of aliphatic hydroxyl groups excluding tert-OH is 1. The van der Waals surface area contributed by atoms with Crippen LogP contribution < -0.4 is 5.32 Å². The van der Waals surface area contributed by atoms with Crippen molar-refractivity contribution in [2.45, 2.75) is 13.0 Å². The van der Waals surface area contributed by atoms with Gasteiger partial charge >= 0.3 is 0 Å². The van der Waals surface area contributed by atoms with Gasteiger partial charge in [-0.1, -0.05) is 17.7 Å². The zero-order valence-corrected chi connectivity index (χ0v) is 7.67. The van der Waals surface area contributed by atoms with Crippen LogP contribution in [0.3, 0.4) is 0 Å². The van der Waals surface area contributed by atoms with E-state index in [1.807, 2.05) is 24.3 Å². The lowest BCUT2D eigenvalue weighted by atomic mass is 10.3. The van der Waals surface area contributed by atoms with Crippen LogP contribution in [-0.4, -0.2) is 17.8 Å². The molecule has 12 heavy (non-hydrogen) atoms. The standard InChI is InChI=1S/C9H12ClNO/c1-7(12)6-11-9-4-2-3-8(10)5-9/h2-5,7,11-12H,6H2,1H3/t7-/m0/s1. The molecular weight excluding hydrogens is 174 g/mol. The summed E-state index contributed by atoms with van der Waals surface area (Å²) in [7, 11) is 0. The third kappa shape index (κ3) is 3.11. The van der Waals surface area contributed by atoms with E-state index in [1.165, 1.54) is 0 Å². The Morgan fingerprint density at radius 2 is 2.33 bits per heavy atom. The zero-order chi connectivity index (χ0) is 8.97. The first-order valence-corrected chi connectivity index (χ1v) is 4.24. The summed E-state index contributed by atoms with van der Waals surface area (Å²) < 4.78 is 0. The maximum Gasteiger partial charge on any atom is 0.0684 e. The van der Waals surface area contributed by atoms with Crippen LogP contribution in [0.5, 0.6) is 0 Å². The van der Waals surface area contributed by atoms with Gasteiger partial charge in [0, 0.05) is 17.3 Å². The Morgan fingerprint density at radius 1 is 1.58 bits per heavy atom. The molecule has 2 nitrogen and oxygen atoms in total. The lowest BCUT2D eigenvalue weighted by Crippen LogP contribution is -2.15. The van der Waals surface area contributed by atoms with Gasteiger partial charge in [-0.2, -0.15) is 0 Å². The number of aliphatic hydroxyl groups is 1. The first-order valence-electron chi connectivity index (χ1n) is 3.86. The molecule has 0 spiro atoms. The van der Waals surface area contributed by atoms with Crippen molar-refractivity contribution < 1.29 is 5.11 Å². The molecule has 2 N–H and O–H groups in total. The van der Waals surface area contributed by atoms with Gasteiger partial charge in [-0.3, -0.25) is 0 Å². The van der Waals surface area contributed by atoms with Gasteiger partial charge in [-0.25, -0.2) is 0 Å². The Balaban J connectivity index is 2.52. The number of halogens is 1. The highest BCUT2D eigenvalue weighted by Crippen LogP contribution is 2.14. The third-order valence-electron chi connectivity index (χ3n) is 1.43. The SMILES string of the molecule is C[C@H](O)CNc1cccc(Cl)c1. The molecule has 0 aliphatic rings. The second kappa shape index (κ2) is 4.33. The third-order valence-corrected chi connectivity index (χ3v) is 1.66. The van der Waals surface area contributed by atoms with Crippen molar-refractivity contribution >= 4 is 17.3 Å². The van der Waals surface area contributed by atoms with E-state index >= 15 is 0 Å². The van der Waals surface area contributed by atoms with Gasteiger partial charge in [0.25, 0.3) is 0 Å². The summed E-state index contributed by atoms with van der Waals surface area (Å²) in [4.78, 5) is 0. The lowest BCUT2D eigenvalue weighted by Gasteiger charge is -2.07. The second-order valence-electron chi connectivity index (χ2n) is 2.74. The van der Waals surface area contributed by atoms with E-state index in [0.29, 0.717) is 11.6 Å². The predicted molar refractivity (Wildman–Crippen MR) is 51.6 cm³/mol. The molecule has 0 saturated carbocycles. The first kappa shape index (κ1) is 9.36. The summed E-state index contributed by atoms with van der Waals surface area (Å²) in [5, 5.41) is 12.7. The van der Waals surface area contributed by atoms with Crippen molar-refractivity contribution in [1.29, 1.82) is 0 Å². The van der Waals surface area contributed by atoms with Crippen molar-refractivity contribution in [3.05, 3.63) is 29.3 Å². The zero-order valence-electron chi connectivity index (χ0n) is 6.92. The molecule has 1 atom stereocenters.